The molecule has 2 amide bonds. The fourth-order valence-corrected chi connectivity index (χ4v) is 5.21. The summed E-state index contributed by atoms with van der Waals surface area (Å²) in [6, 6.07) is 22.7. The predicted molar refractivity (Wildman–Crippen MR) is 153 cm³/mol. The smallest absolute Gasteiger partial charge is 0.244 e. The van der Waals surface area contributed by atoms with Crippen molar-refractivity contribution in [2.45, 2.75) is 39.3 Å². The van der Waals surface area contributed by atoms with Gasteiger partial charge in [-0.2, -0.15) is 0 Å². The summed E-state index contributed by atoms with van der Waals surface area (Å²) in [6.45, 7) is 4.02. The zero-order valence-electron chi connectivity index (χ0n) is 21.9. The van der Waals surface area contributed by atoms with Crippen molar-refractivity contribution in [2.75, 3.05) is 23.7 Å². The Labute approximate surface area is 230 Å². The number of anilines is 1. The maximum Gasteiger partial charge on any atom is 0.244 e. The number of hydrogen-bond donors (Lipinski definition) is 1. The van der Waals surface area contributed by atoms with Gasteiger partial charge in [-0.15, -0.1) is 0 Å². The molecular weight excluding hydrogens is 522 g/mol. The number of benzene rings is 3. The Morgan fingerprint density at radius 1 is 0.921 bits per heavy atom. The van der Waals surface area contributed by atoms with Gasteiger partial charge in [0.2, 0.25) is 21.8 Å². The lowest BCUT2D eigenvalue weighted by Crippen LogP contribution is -2.53. The molecule has 38 heavy (non-hydrogen) atoms. The molecule has 0 spiro atoms. The molecule has 3 aromatic rings. The predicted octanol–water partition coefficient (Wildman–Crippen LogP) is 4.58. The fraction of sp³-hybridized carbons (Fsp3) is 0.310. The molecule has 0 aliphatic heterocycles. The van der Waals surface area contributed by atoms with Crippen LogP contribution in [-0.4, -0.2) is 50.5 Å². The lowest BCUT2D eigenvalue weighted by atomic mass is 10.0. The van der Waals surface area contributed by atoms with Crippen LogP contribution in [0.5, 0.6) is 0 Å². The quantitative estimate of drug-likeness (QED) is 0.354. The third kappa shape index (κ3) is 8.07. The van der Waals surface area contributed by atoms with Crippen LogP contribution in [0.15, 0.2) is 78.9 Å². The molecule has 0 aliphatic carbocycles. The standard InChI is InChI=1S/C29H34ClN3O4S/c1-4-18-31-29(35)27(19-23-10-6-5-7-11-23)32(20-24-16-14-22(2)15-17-24)28(34)21-33(38(3,36)37)26-13-9-8-12-25(26)30/h5-17,27H,4,18-21H2,1-3H3,(H,31,35)/t27-/m1/s1. The summed E-state index contributed by atoms with van der Waals surface area (Å²) in [4.78, 5) is 28.9. The van der Waals surface area contributed by atoms with Crippen molar-refractivity contribution in [3.05, 3.63) is 101 Å². The topological polar surface area (TPSA) is 86.8 Å². The molecule has 1 atom stereocenters. The summed E-state index contributed by atoms with van der Waals surface area (Å²) < 4.78 is 26.6. The van der Waals surface area contributed by atoms with Crippen LogP contribution >= 0.6 is 11.6 Å². The van der Waals surface area contributed by atoms with E-state index in [1.54, 1.807) is 24.3 Å². The van der Waals surface area contributed by atoms with E-state index >= 15 is 0 Å². The fourth-order valence-electron chi connectivity index (χ4n) is 4.06. The van der Waals surface area contributed by atoms with Crippen molar-refractivity contribution in [2.24, 2.45) is 0 Å². The average Bonchev–Trinajstić information content (AvgIpc) is 2.89. The van der Waals surface area contributed by atoms with Crippen molar-refractivity contribution >= 4 is 39.1 Å². The number of para-hydroxylation sites is 1. The van der Waals surface area contributed by atoms with Gasteiger partial charge in [-0.25, -0.2) is 8.42 Å². The van der Waals surface area contributed by atoms with E-state index in [1.165, 1.54) is 4.90 Å². The zero-order chi connectivity index (χ0) is 27.7. The summed E-state index contributed by atoms with van der Waals surface area (Å²) in [5.41, 5.74) is 2.98. The van der Waals surface area contributed by atoms with Crippen LogP contribution in [0.2, 0.25) is 5.02 Å². The SMILES string of the molecule is CCCNC(=O)[C@@H](Cc1ccccc1)N(Cc1ccc(C)cc1)C(=O)CN(c1ccccc1Cl)S(C)(=O)=O. The third-order valence-corrected chi connectivity index (χ3v) is 7.54. The Morgan fingerprint density at radius 2 is 1.55 bits per heavy atom. The molecule has 0 aliphatic rings. The van der Waals surface area contributed by atoms with E-state index in [-0.39, 0.29) is 29.6 Å². The molecule has 7 nitrogen and oxygen atoms in total. The van der Waals surface area contributed by atoms with Crippen LogP contribution in [0.3, 0.4) is 0 Å². The number of halogens is 1. The number of carbonyl (C=O) groups is 2. The highest BCUT2D eigenvalue weighted by Gasteiger charge is 2.33. The molecule has 1 N–H and O–H groups in total. The Kier molecular flexibility index (Phi) is 10.3. The number of sulfonamides is 1. The van der Waals surface area contributed by atoms with Gasteiger partial charge in [0, 0.05) is 19.5 Å². The van der Waals surface area contributed by atoms with Crippen molar-refractivity contribution in [3.8, 4) is 0 Å². The minimum atomic E-state index is -3.87. The number of hydrogen-bond acceptors (Lipinski definition) is 4. The van der Waals surface area contributed by atoms with E-state index in [0.29, 0.717) is 6.54 Å². The molecule has 9 heteroatoms. The van der Waals surface area contributed by atoms with Crippen LogP contribution in [0.4, 0.5) is 5.69 Å². The Morgan fingerprint density at radius 3 is 2.16 bits per heavy atom. The van der Waals surface area contributed by atoms with Crippen LogP contribution in [-0.2, 0) is 32.6 Å². The largest absolute Gasteiger partial charge is 0.354 e. The first-order valence-electron chi connectivity index (χ1n) is 12.5. The zero-order valence-corrected chi connectivity index (χ0v) is 23.5. The molecule has 3 rings (SSSR count). The molecule has 0 saturated carbocycles. The van der Waals surface area contributed by atoms with Gasteiger partial charge in [-0.3, -0.25) is 13.9 Å². The summed E-state index contributed by atoms with van der Waals surface area (Å²) >= 11 is 6.32. The highest BCUT2D eigenvalue weighted by atomic mass is 35.5. The third-order valence-electron chi connectivity index (χ3n) is 6.09. The summed E-state index contributed by atoms with van der Waals surface area (Å²) in [5.74, 6) is -0.802. The van der Waals surface area contributed by atoms with Gasteiger partial charge in [0.25, 0.3) is 0 Å². The molecule has 0 saturated heterocycles. The molecule has 202 valence electrons. The maximum atomic E-state index is 14.0. The maximum absolute atomic E-state index is 14.0. The first kappa shape index (κ1) is 29.2. The van der Waals surface area contributed by atoms with E-state index in [2.05, 4.69) is 5.32 Å². The van der Waals surface area contributed by atoms with Crippen LogP contribution < -0.4 is 9.62 Å². The molecule has 0 aromatic heterocycles. The van der Waals surface area contributed by atoms with Crippen LogP contribution in [0.25, 0.3) is 0 Å². The number of nitrogens with one attached hydrogen (secondary N) is 1. The Bertz CT molecular complexity index is 1330. The highest BCUT2D eigenvalue weighted by Crippen LogP contribution is 2.27. The highest BCUT2D eigenvalue weighted by molar-refractivity contribution is 7.92. The summed E-state index contributed by atoms with van der Waals surface area (Å²) in [5, 5.41) is 3.13. The lowest BCUT2D eigenvalue weighted by molar-refractivity contribution is -0.140. The van der Waals surface area contributed by atoms with Gasteiger partial charge in [-0.1, -0.05) is 90.8 Å². The molecule has 0 unspecified atom stereocenters. The average molecular weight is 556 g/mol. The van der Waals surface area contributed by atoms with E-state index in [4.69, 9.17) is 11.6 Å². The number of amides is 2. The molecule has 0 radical (unpaired) electrons. The number of carbonyl (C=O) groups excluding carboxylic acids is 2. The minimum absolute atomic E-state index is 0.135. The van der Waals surface area contributed by atoms with E-state index in [0.717, 1.165) is 33.7 Å². The first-order valence-corrected chi connectivity index (χ1v) is 14.7. The second kappa shape index (κ2) is 13.4. The first-order chi connectivity index (χ1) is 18.1. The Balaban J connectivity index is 2.04. The molecule has 0 heterocycles. The second-order valence-corrected chi connectivity index (χ2v) is 11.5. The van der Waals surface area contributed by atoms with Gasteiger partial charge in [0.05, 0.1) is 17.0 Å². The van der Waals surface area contributed by atoms with Crippen molar-refractivity contribution in [3.63, 3.8) is 0 Å². The number of aryl methyl sites for hydroxylation is 1. The summed E-state index contributed by atoms with van der Waals surface area (Å²) in [6.07, 6.45) is 2.05. The summed E-state index contributed by atoms with van der Waals surface area (Å²) in [7, 11) is -3.87. The van der Waals surface area contributed by atoms with E-state index in [1.807, 2.05) is 68.4 Å². The minimum Gasteiger partial charge on any atom is -0.354 e. The van der Waals surface area contributed by atoms with Gasteiger partial charge in [0.15, 0.2) is 0 Å². The molecule has 3 aromatic carbocycles. The van der Waals surface area contributed by atoms with Gasteiger partial charge in [0.1, 0.15) is 12.6 Å². The van der Waals surface area contributed by atoms with Gasteiger partial charge in [-0.05, 0) is 36.6 Å². The van der Waals surface area contributed by atoms with Gasteiger partial charge >= 0.3 is 0 Å². The van der Waals surface area contributed by atoms with Crippen molar-refractivity contribution in [1.29, 1.82) is 0 Å². The monoisotopic (exact) mass is 555 g/mol. The van der Waals surface area contributed by atoms with Crippen LogP contribution in [0, 0.1) is 6.92 Å². The molecule has 0 bridgehead atoms. The van der Waals surface area contributed by atoms with Crippen LogP contribution in [0.1, 0.15) is 30.0 Å². The molecule has 0 fully saturated rings. The van der Waals surface area contributed by atoms with E-state index in [9.17, 15) is 18.0 Å². The van der Waals surface area contributed by atoms with Crippen molar-refractivity contribution < 1.29 is 18.0 Å². The van der Waals surface area contributed by atoms with E-state index < -0.39 is 28.5 Å². The Hall–Kier alpha value is -3.36. The molecular formula is C29H34ClN3O4S. The number of rotatable bonds is 12. The van der Waals surface area contributed by atoms with Gasteiger partial charge < -0.3 is 10.2 Å². The lowest BCUT2D eigenvalue weighted by Gasteiger charge is -2.33. The number of nitrogens with zero attached hydrogens (tertiary/aromatic N) is 2. The normalized spacial score (nSPS) is 12.0. The second-order valence-electron chi connectivity index (χ2n) is 9.22. The van der Waals surface area contributed by atoms with Crippen molar-refractivity contribution in [1.82, 2.24) is 10.2 Å².